The number of halogens is 1. The number of hydrogen-bond acceptors (Lipinski definition) is 4. The molecule has 2 amide bonds. The van der Waals surface area contributed by atoms with Crippen LogP contribution in [0.4, 0.5) is 10.1 Å². The first kappa shape index (κ1) is 22.7. The number of anilines is 1. The molecule has 0 unspecified atom stereocenters. The van der Waals surface area contributed by atoms with Gasteiger partial charge in [-0.3, -0.25) is 14.6 Å². The van der Waals surface area contributed by atoms with Crippen LogP contribution in [0.15, 0.2) is 97.3 Å². The lowest BCUT2D eigenvalue weighted by molar-refractivity contribution is 0.0949. The van der Waals surface area contributed by atoms with Crippen molar-refractivity contribution in [1.29, 1.82) is 0 Å². The second kappa shape index (κ2) is 10.9. The molecule has 0 spiro atoms. The molecule has 2 N–H and O–H groups in total. The maximum absolute atomic E-state index is 13.1. The topological polar surface area (TPSA) is 80.3 Å². The second-order valence-electron chi connectivity index (χ2n) is 7.52. The fourth-order valence-corrected chi connectivity index (χ4v) is 3.23. The Morgan fingerprint density at radius 3 is 2.41 bits per heavy atom. The van der Waals surface area contributed by atoms with Crippen LogP contribution in [-0.4, -0.2) is 16.8 Å². The van der Waals surface area contributed by atoms with Crippen molar-refractivity contribution in [1.82, 2.24) is 10.3 Å². The van der Waals surface area contributed by atoms with Crippen LogP contribution in [0.25, 0.3) is 0 Å². The van der Waals surface area contributed by atoms with Crippen LogP contribution in [0.5, 0.6) is 5.75 Å². The number of nitrogens with one attached hydrogen (secondary N) is 2. The standard InChI is InChI=1S/C27H22FN3O3/c28-23-11-9-21(10-12-23)27(33)31-24-7-1-4-19(14-24)17-30-26(32)22-6-2-8-25(15-22)34-18-20-5-3-13-29-16-20/h1-16H,17-18H2,(H,30,32)(H,31,33). The molecule has 3 aromatic carbocycles. The highest BCUT2D eigenvalue weighted by Gasteiger charge is 2.09. The number of pyridine rings is 1. The Balaban J connectivity index is 1.33. The van der Waals surface area contributed by atoms with Crippen LogP contribution in [0.3, 0.4) is 0 Å². The van der Waals surface area contributed by atoms with Crippen LogP contribution in [0.2, 0.25) is 0 Å². The van der Waals surface area contributed by atoms with Crippen LogP contribution >= 0.6 is 0 Å². The van der Waals surface area contributed by atoms with E-state index in [0.29, 0.717) is 29.2 Å². The van der Waals surface area contributed by atoms with Crippen molar-refractivity contribution in [3.8, 4) is 5.75 Å². The van der Waals surface area contributed by atoms with E-state index in [4.69, 9.17) is 4.74 Å². The van der Waals surface area contributed by atoms with Gasteiger partial charge in [-0.25, -0.2) is 4.39 Å². The summed E-state index contributed by atoms with van der Waals surface area (Å²) in [7, 11) is 0. The van der Waals surface area contributed by atoms with E-state index in [9.17, 15) is 14.0 Å². The minimum atomic E-state index is -0.403. The number of rotatable bonds is 8. The minimum absolute atomic E-state index is 0.243. The smallest absolute Gasteiger partial charge is 0.255 e. The number of benzene rings is 3. The van der Waals surface area contributed by atoms with Gasteiger partial charge in [0.25, 0.3) is 11.8 Å². The average molecular weight is 455 g/mol. The van der Waals surface area contributed by atoms with Crippen molar-refractivity contribution in [3.05, 3.63) is 125 Å². The summed E-state index contributed by atoms with van der Waals surface area (Å²) in [6, 6.07) is 23.2. The summed E-state index contributed by atoms with van der Waals surface area (Å²) in [5.41, 5.74) is 3.15. The van der Waals surface area contributed by atoms with E-state index < -0.39 is 5.82 Å². The van der Waals surface area contributed by atoms with E-state index in [1.807, 2.05) is 18.2 Å². The Hall–Kier alpha value is -4.52. The highest BCUT2D eigenvalue weighted by Crippen LogP contribution is 2.16. The molecule has 1 aromatic heterocycles. The average Bonchev–Trinajstić information content (AvgIpc) is 2.87. The van der Waals surface area contributed by atoms with Gasteiger partial charge in [0.05, 0.1) is 0 Å². The molecule has 0 aliphatic heterocycles. The summed E-state index contributed by atoms with van der Waals surface area (Å²) in [5, 5.41) is 5.65. The molecular weight excluding hydrogens is 433 g/mol. The first-order chi connectivity index (χ1) is 16.6. The summed E-state index contributed by atoms with van der Waals surface area (Å²) in [4.78, 5) is 29.0. The summed E-state index contributed by atoms with van der Waals surface area (Å²) in [6.45, 7) is 0.634. The van der Waals surface area contributed by atoms with Crippen LogP contribution in [0.1, 0.15) is 31.8 Å². The summed E-state index contributed by atoms with van der Waals surface area (Å²) >= 11 is 0. The van der Waals surface area contributed by atoms with Gasteiger partial charge in [0.15, 0.2) is 0 Å². The highest BCUT2D eigenvalue weighted by molar-refractivity contribution is 6.04. The maximum Gasteiger partial charge on any atom is 0.255 e. The third-order valence-electron chi connectivity index (χ3n) is 4.97. The monoisotopic (exact) mass is 455 g/mol. The summed E-state index contributed by atoms with van der Waals surface area (Å²) < 4.78 is 18.8. The number of carbonyl (C=O) groups excluding carboxylic acids is 2. The fourth-order valence-electron chi connectivity index (χ4n) is 3.23. The number of carbonyl (C=O) groups is 2. The van der Waals surface area contributed by atoms with Crippen molar-refractivity contribution in [2.24, 2.45) is 0 Å². The van der Waals surface area contributed by atoms with Gasteiger partial charge in [0, 0.05) is 41.3 Å². The number of ether oxygens (including phenoxy) is 1. The SMILES string of the molecule is O=C(NCc1cccc(NC(=O)c2ccc(F)cc2)c1)c1cccc(OCc2cccnc2)c1. The Labute approximate surface area is 196 Å². The molecule has 6 nitrogen and oxygen atoms in total. The third-order valence-corrected chi connectivity index (χ3v) is 4.97. The van der Waals surface area contributed by atoms with Crippen molar-refractivity contribution >= 4 is 17.5 Å². The predicted octanol–water partition coefficient (Wildman–Crippen LogP) is 4.98. The van der Waals surface area contributed by atoms with Gasteiger partial charge in [0.1, 0.15) is 18.2 Å². The van der Waals surface area contributed by atoms with Gasteiger partial charge in [-0.05, 0) is 66.2 Å². The number of aromatic nitrogens is 1. The van der Waals surface area contributed by atoms with Crippen LogP contribution in [0, 0.1) is 5.82 Å². The molecule has 0 fully saturated rings. The molecule has 1 heterocycles. The molecule has 170 valence electrons. The molecule has 0 aliphatic rings. The van der Waals surface area contributed by atoms with E-state index in [0.717, 1.165) is 11.1 Å². The van der Waals surface area contributed by atoms with Gasteiger partial charge in [-0.2, -0.15) is 0 Å². The van der Waals surface area contributed by atoms with Gasteiger partial charge in [0.2, 0.25) is 0 Å². The Morgan fingerprint density at radius 2 is 1.62 bits per heavy atom. The Morgan fingerprint density at radius 1 is 0.824 bits per heavy atom. The van der Waals surface area contributed by atoms with Crippen molar-refractivity contribution in [2.45, 2.75) is 13.2 Å². The van der Waals surface area contributed by atoms with Gasteiger partial charge >= 0.3 is 0 Å². The van der Waals surface area contributed by atoms with Gasteiger partial charge in [-0.1, -0.05) is 24.3 Å². The van der Waals surface area contributed by atoms with E-state index in [1.165, 1.54) is 24.3 Å². The molecule has 0 bridgehead atoms. The fraction of sp³-hybridized carbons (Fsp3) is 0.0741. The predicted molar refractivity (Wildman–Crippen MR) is 127 cm³/mol. The van der Waals surface area contributed by atoms with Crippen molar-refractivity contribution in [2.75, 3.05) is 5.32 Å². The Bertz CT molecular complexity index is 1280. The van der Waals surface area contributed by atoms with E-state index in [2.05, 4.69) is 15.6 Å². The Kier molecular flexibility index (Phi) is 7.25. The maximum atomic E-state index is 13.1. The van der Waals surface area contributed by atoms with Crippen molar-refractivity contribution in [3.63, 3.8) is 0 Å². The molecule has 4 aromatic rings. The third kappa shape index (κ3) is 6.26. The largest absolute Gasteiger partial charge is 0.489 e. The molecule has 0 atom stereocenters. The van der Waals surface area contributed by atoms with Crippen molar-refractivity contribution < 1.29 is 18.7 Å². The zero-order chi connectivity index (χ0) is 23.8. The molecule has 0 radical (unpaired) electrons. The molecule has 4 rings (SSSR count). The second-order valence-corrected chi connectivity index (χ2v) is 7.52. The first-order valence-corrected chi connectivity index (χ1v) is 10.6. The van der Waals surface area contributed by atoms with E-state index in [1.54, 1.807) is 54.9 Å². The molecular formula is C27H22FN3O3. The summed E-state index contributed by atoms with van der Waals surface area (Å²) in [5.74, 6) is -0.404. The quantitative estimate of drug-likeness (QED) is 0.393. The molecule has 34 heavy (non-hydrogen) atoms. The molecule has 0 saturated heterocycles. The van der Waals surface area contributed by atoms with Crippen LogP contribution < -0.4 is 15.4 Å². The summed E-state index contributed by atoms with van der Waals surface area (Å²) in [6.07, 6.45) is 3.43. The number of hydrogen-bond donors (Lipinski definition) is 2. The van der Waals surface area contributed by atoms with Gasteiger partial charge < -0.3 is 15.4 Å². The lowest BCUT2D eigenvalue weighted by Crippen LogP contribution is -2.23. The van der Waals surface area contributed by atoms with E-state index in [-0.39, 0.29) is 18.4 Å². The van der Waals surface area contributed by atoms with Crippen LogP contribution in [-0.2, 0) is 13.2 Å². The molecule has 7 heteroatoms. The lowest BCUT2D eigenvalue weighted by atomic mass is 10.1. The molecule has 0 aliphatic carbocycles. The number of amides is 2. The highest BCUT2D eigenvalue weighted by atomic mass is 19.1. The minimum Gasteiger partial charge on any atom is -0.489 e. The molecule has 0 saturated carbocycles. The number of nitrogens with zero attached hydrogens (tertiary/aromatic N) is 1. The lowest BCUT2D eigenvalue weighted by Gasteiger charge is -2.10. The normalized spacial score (nSPS) is 10.4. The zero-order valence-electron chi connectivity index (χ0n) is 18.2. The first-order valence-electron chi connectivity index (χ1n) is 10.6. The van der Waals surface area contributed by atoms with E-state index >= 15 is 0 Å². The van der Waals surface area contributed by atoms with Gasteiger partial charge in [-0.15, -0.1) is 0 Å². The zero-order valence-corrected chi connectivity index (χ0v) is 18.2.